The molecule has 0 saturated carbocycles. The Morgan fingerprint density at radius 3 is 2.25 bits per heavy atom. The molecule has 0 heterocycles. The average Bonchev–Trinajstić information content (AvgIpc) is 2.41. The molecule has 0 aromatic heterocycles. The Labute approximate surface area is 120 Å². The fourth-order valence-electron chi connectivity index (χ4n) is 1.17. The number of hydrogen-bond donors (Lipinski definition) is 1. The van der Waals surface area contributed by atoms with Crippen LogP contribution in [0, 0.1) is 5.41 Å². The predicted octanol–water partition coefficient (Wildman–Crippen LogP) is 2.61. The molecule has 0 aliphatic carbocycles. The molecule has 1 amide bonds. The molecular formula is C15H22N2O3. The summed E-state index contributed by atoms with van der Waals surface area (Å²) in [4.78, 5) is 11.6. The van der Waals surface area contributed by atoms with Crippen molar-refractivity contribution in [2.24, 2.45) is 10.5 Å². The highest BCUT2D eigenvalue weighted by Crippen LogP contribution is 2.17. The second-order valence-corrected chi connectivity index (χ2v) is 5.45. The number of hydrogen-bond acceptors (Lipinski definition) is 4. The van der Waals surface area contributed by atoms with Crippen LogP contribution in [0.5, 0.6) is 11.5 Å². The summed E-state index contributed by atoms with van der Waals surface area (Å²) in [6.45, 7) is 7.90. The van der Waals surface area contributed by atoms with Crippen LogP contribution in [0.1, 0.15) is 27.7 Å². The van der Waals surface area contributed by atoms with Gasteiger partial charge in [-0.3, -0.25) is 4.79 Å². The van der Waals surface area contributed by atoms with Gasteiger partial charge >= 0.3 is 0 Å². The van der Waals surface area contributed by atoms with Gasteiger partial charge in [-0.1, -0.05) is 20.8 Å². The molecule has 0 radical (unpaired) electrons. The minimum atomic E-state index is -0.288. The van der Waals surface area contributed by atoms with E-state index in [4.69, 9.17) is 9.47 Å². The van der Waals surface area contributed by atoms with Gasteiger partial charge in [-0.05, 0) is 31.2 Å². The lowest BCUT2D eigenvalue weighted by Gasteiger charge is -2.17. The molecule has 0 aliphatic heterocycles. The molecule has 1 aromatic carbocycles. The highest BCUT2D eigenvalue weighted by molar-refractivity contribution is 5.88. The number of benzene rings is 1. The van der Waals surface area contributed by atoms with E-state index >= 15 is 0 Å². The fourth-order valence-corrected chi connectivity index (χ4v) is 1.17. The zero-order valence-corrected chi connectivity index (χ0v) is 12.7. The van der Waals surface area contributed by atoms with Crippen molar-refractivity contribution in [2.45, 2.75) is 27.7 Å². The molecule has 5 heteroatoms. The summed E-state index contributed by atoms with van der Waals surface area (Å²) < 4.78 is 10.4. The third-order valence-corrected chi connectivity index (χ3v) is 2.86. The number of rotatable bonds is 5. The van der Waals surface area contributed by atoms with Crippen LogP contribution in [0.3, 0.4) is 0 Å². The van der Waals surface area contributed by atoms with E-state index in [-0.39, 0.29) is 17.9 Å². The van der Waals surface area contributed by atoms with Crippen LogP contribution in [-0.4, -0.2) is 25.3 Å². The molecule has 5 nitrogen and oxygen atoms in total. The summed E-state index contributed by atoms with van der Waals surface area (Å²) in [6, 6.07) is 7.04. The predicted molar refractivity (Wildman–Crippen MR) is 79.2 cm³/mol. The summed E-state index contributed by atoms with van der Waals surface area (Å²) in [6.07, 6.45) is 0. The molecular weight excluding hydrogens is 256 g/mol. The third-order valence-electron chi connectivity index (χ3n) is 2.86. The van der Waals surface area contributed by atoms with Crippen LogP contribution < -0.4 is 14.9 Å². The summed E-state index contributed by atoms with van der Waals surface area (Å²) in [7, 11) is 1.60. The van der Waals surface area contributed by atoms with Gasteiger partial charge in [0.25, 0.3) is 5.91 Å². The van der Waals surface area contributed by atoms with Gasteiger partial charge in [-0.25, -0.2) is 5.43 Å². The Balaban J connectivity index is 2.43. The first-order valence-corrected chi connectivity index (χ1v) is 6.43. The third kappa shape index (κ3) is 5.30. The molecule has 1 rings (SSSR count). The highest BCUT2D eigenvalue weighted by atomic mass is 16.5. The first-order valence-electron chi connectivity index (χ1n) is 6.43. The molecule has 20 heavy (non-hydrogen) atoms. The van der Waals surface area contributed by atoms with Gasteiger partial charge in [-0.2, -0.15) is 5.10 Å². The minimum absolute atomic E-state index is 0.0654. The minimum Gasteiger partial charge on any atom is -0.497 e. The molecule has 0 bridgehead atoms. The number of nitrogens with one attached hydrogen (secondary N) is 1. The van der Waals surface area contributed by atoms with Crippen molar-refractivity contribution in [1.82, 2.24) is 5.43 Å². The van der Waals surface area contributed by atoms with Crippen molar-refractivity contribution >= 4 is 11.6 Å². The maximum atomic E-state index is 11.6. The van der Waals surface area contributed by atoms with Gasteiger partial charge in [0.05, 0.1) is 7.11 Å². The standard InChI is InChI=1S/C15H22N2O3/c1-11(15(2,3)4)16-17-14(18)10-20-13-8-6-12(19-5)7-9-13/h6-9H,10H2,1-5H3,(H,17,18). The zero-order valence-electron chi connectivity index (χ0n) is 12.7. The monoisotopic (exact) mass is 278 g/mol. The summed E-state index contributed by atoms with van der Waals surface area (Å²) in [5.41, 5.74) is 3.27. The molecule has 1 aromatic rings. The van der Waals surface area contributed by atoms with E-state index < -0.39 is 0 Å². The number of hydrazone groups is 1. The van der Waals surface area contributed by atoms with Crippen LogP contribution in [0.2, 0.25) is 0 Å². The summed E-state index contributed by atoms with van der Waals surface area (Å²) >= 11 is 0. The second-order valence-electron chi connectivity index (χ2n) is 5.45. The van der Waals surface area contributed by atoms with Crippen molar-refractivity contribution in [2.75, 3.05) is 13.7 Å². The highest BCUT2D eigenvalue weighted by Gasteiger charge is 2.14. The van der Waals surface area contributed by atoms with Crippen molar-refractivity contribution in [3.63, 3.8) is 0 Å². The second kappa shape index (κ2) is 6.93. The lowest BCUT2D eigenvalue weighted by molar-refractivity contribution is -0.123. The quantitative estimate of drug-likeness (QED) is 0.665. The number of ether oxygens (including phenoxy) is 2. The van der Waals surface area contributed by atoms with E-state index in [1.165, 1.54) is 0 Å². The SMILES string of the molecule is COc1ccc(OCC(=O)NN=C(C)C(C)(C)C)cc1. The van der Waals surface area contributed by atoms with Crippen molar-refractivity contribution in [1.29, 1.82) is 0 Å². The Morgan fingerprint density at radius 1 is 1.20 bits per heavy atom. The van der Waals surface area contributed by atoms with E-state index in [9.17, 15) is 4.79 Å². The summed E-state index contributed by atoms with van der Waals surface area (Å²) in [5.74, 6) is 1.06. The van der Waals surface area contributed by atoms with E-state index in [0.29, 0.717) is 5.75 Å². The Hall–Kier alpha value is -2.04. The Kier molecular flexibility index (Phi) is 5.55. The molecule has 0 aliphatic rings. The van der Waals surface area contributed by atoms with Crippen LogP contribution in [-0.2, 0) is 4.79 Å². The zero-order chi connectivity index (χ0) is 15.2. The molecule has 1 N–H and O–H groups in total. The van der Waals surface area contributed by atoms with Crippen molar-refractivity contribution in [3.05, 3.63) is 24.3 Å². The first-order chi connectivity index (χ1) is 9.32. The molecule has 0 atom stereocenters. The largest absolute Gasteiger partial charge is 0.497 e. The van der Waals surface area contributed by atoms with Crippen LogP contribution in [0.4, 0.5) is 0 Å². The summed E-state index contributed by atoms with van der Waals surface area (Å²) in [5, 5.41) is 4.05. The average molecular weight is 278 g/mol. The van der Waals surface area contributed by atoms with Crippen LogP contribution in [0.15, 0.2) is 29.4 Å². The van der Waals surface area contributed by atoms with E-state index in [0.717, 1.165) is 11.5 Å². The van der Waals surface area contributed by atoms with Gasteiger partial charge < -0.3 is 9.47 Å². The Bertz CT molecular complexity index is 473. The van der Waals surface area contributed by atoms with Crippen LogP contribution >= 0.6 is 0 Å². The lowest BCUT2D eigenvalue weighted by atomic mass is 9.91. The molecule has 110 valence electrons. The van der Waals surface area contributed by atoms with E-state index in [2.05, 4.69) is 10.5 Å². The first kappa shape index (κ1) is 16.0. The molecule has 0 saturated heterocycles. The molecule has 0 fully saturated rings. The number of methoxy groups -OCH3 is 1. The van der Waals surface area contributed by atoms with E-state index in [1.807, 2.05) is 27.7 Å². The maximum Gasteiger partial charge on any atom is 0.277 e. The molecule has 0 unspecified atom stereocenters. The van der Waals surface area contributed by atoms with Gasteiger partial charge in [-0.15, -0.1) is 0 Å². The molecule has 0 spiro atoms. The maximum absolute atomic E-state index is 11.6. The number of nitrogens with zero attached hydrogens (tertiary/aromatic N) is 1. The van der Waals surface area contributed by atoms with Crippen molar-refractivity contribution in [3.8, 4) is 11.5 Å². The van der Waals surface area contributed by atoms with Gasteiger partial charge in [0.15, 0.2) is 6.61 Å². The smallest absolute Gasteiger partial charge is 0.277 e. The van der Waals surface area contributed by atoms with Gasteiger partial charge in [0.1, 0.15) is 11.5 Å². The fraction of sp³-hybridized carbons (Fsp3) is 0.467. The normalized spacial score (nSPS) is 11.9. The topological polar surface area (TPSA) is 59.9 Å². The van der Waals surface area contributed by atoms with E-state index in [1.54, 1.807) is 31.4 Å². The van der Waals surface area contributed by atoms with Crippen molar-refractivity contribution < 1.29 is 14.3 Å². The number of carbonyl (C=O) groups is 1. The van der Waals surface area contributed by atoms with Gasteiger partial charge in [0.2, 0.25) is 0 Å². The van der Waals surface area contributed by atoms with Crippen LogP contribution in [0.25, 0.3) is 0 Å². The number of amides is 1. The Morgan fingerprint density at radius 2 is 1.75 bits per heavy atom. The number of carbonyl (C=O) groups excluding carboxylic acids is 1. The lowest BCUT2D eigenvalue weighted by Crippen LogP contribution is -2.28. The van der Waals surface area contributed by atoms with Gasteiger partial charge in [0, 0.05) is 11.1 Å².